The molecule has 0 spiro atoms. The number of amides is 1. The number of aryl methyl sites for hydroxylation is 2. The lowest BCUT2D eigenvalue weighted by Crippen LogP contribution is -2.33. The van der Waals surface area contributed by atoms with Gasteiger partial charge in [0.05, 0.1) is 17.7 Å². The number of rotatable bonds is 5. The van der Waals surface area contributed by atoms with Crippen LogP contribution in [0, 0.1) is 13.8 Å². The van der Waals surface area contributed by atoms with Crippen LogP contribution < -0.4 is 5.14 Å². The molecule has 1 aliphatic rings. The molecule has 0 unspecified atom stereocenters. The number of hydrogen-bond donors (Lipinski definition) is 1. The molecular weight excluding hydrogens is 328 g/mol. The topological polar surface area (TPSA) is 93.6 Å². The molecule has 6 nitrogen and oxygen atoms in total. The van der Waals surface area contributed by atoms with E-state index in [-0.39, 0.29) is 16.8 Å². The van der Waals surface area contributed by atoms with E-state index in [0.717, 1.165) is 18.4 Å². The standard InChI is InChI=1S/C17H20N2O4S/c1-11-8-12(2)16(24(18,21)22)9-15(11)17(20)19(13-5-6-13)10-14-4-3-7-23-14/h3-4,7-9,13H,5-6,10H2,1-2H3,(H2,18,21,22). The molecule has 0 bridgehead atoms. The zero-order valence-electron chi connectivity index (χ0n) is 13.7. The van der Waals surface area contributed by atoms with Crippen molar-refractivity contribution in [3.8, 4) is 0 Å². The van der Waals surface area contributed by atoms with Crippen molar-refractivity contribution < 1.29 is 17.6 Å². The van der Waals surface area contributed by atoms with Gasteiger partial charge < -0.3 is 9.32 Å². The molecule has 1 amide bonds. The monoisotopic (exact) mass is 348 g/mol. The highest BCUT2D eigenvalue weighted by Crippen LogP contribution is 2.31. The van der Waals surface area contributed by atoms with Gasteiger partial charge >= 0.3 is 0 Å². The normalized spacial score (nSPS) is 14.6. The summed E-state index contributed by atoms with van der Waals surface area (Å²) in [5, 5.41) is 5.27. The Hall–Kier alpha value is -2.12. The second-order valence-electron chi connectivity index (χ2n) is 6.22. The molecule has 128 valence electrons. The van der Waals surface area contributed by atoms with Gasteiger partial charge in [0.2, 0.25) is 10.0 Å². The van der Waals surface area contributed by atoms with Crippen LogP contribution in [0.2, 0.25) is 0 Å². The SMILES string of the molecule is Cc1cc(C)c(S(N)(=O)=O)cc1C(=O)N(Cc1ccco1)C1CC1. The zero-order valence-corrected chi connectivity index (χ0v) is 14.5. The van der Waals surface area contributed by atoms with E-state index in [4.69, 9.17) is 9.56 Å². The third-order valence-electron chi connectivity index (χ3n) is 4.21. The van der Waals surface area contributed by atoms with Crippen molar-refractivity contribution in [2.75, 3.05) is 0 Å². The Balaban J connectivity index is 1.98. The maximum atomic E-state index is 13.0. The van der Waals surface area contributed by atoms with Gasteiger partial charge in [0.1, 0.15) is 5.76 Å². The molecule has 1 aromatic heterocycles. The molecule has 1 heterocycles. The average molecular weight is 348 g/mol. The minimum atomic E-state index is -3.88. The number of carbonyl (C=O) groups is 1. The Morgan fingerprint density at radius 2 is 2.00 bits per heavy atom. The van der Waals surface area contributed by atoms with Crippen LogP contribution in [-0.2, 0) is 16.6 Å². The molecule has 0 saturated heterocycles. The van der Waals surface area contributed by atoms with Crippen LogP contribution in [0.25, 0.3) is 0 Å². The quantitative estimate of drug-likeness (QED) is 0.897. The van der Waals surface area contributed by atoms with Gasteiger partial charge in [0, 0.05) is 11.6 Å². The van der Waals surface area contributed by atoms with Gasteiger partial charge in [-0.2, -0.15) is 0 Å². The minimum Gasteiger partial charge on any atom is -0.467 e. The number of furan rings is 1. The molecule has 1 saturated carbocycles. The second-order valence-corrected chi connectivity index (χ2v) is 7.75. The number of sulfonamides is 1. The third-order valence-corrected chi connectivity index (χ3v) is 5.27. The minimum absolute atomic E-state index is 0.00908. The van der Waals surface area contributed by atoms with Crippen LogP contribution in [0.3, 0.4) is 0 Å². The lowest BCUT2D eigenvalue weighted by molar-refractivity contribution is 0.0716. The molecule has 1 fully saturated rings. The molecule has 3 rings (SSSR count). The van der Waals surface area contributed by atoms with E-state index in [9.17, 15) is 13.2 Å². The maximum Gasteiger partial charge on any atom is 0.254 e. The second kappa shape index (κ2) is 6.07. The first-order valence-corrected chi connectivity index (χ1v) is 9.29. The molecule has 2 N–H and O–H groups in total. The largest absolute Gasteiger partial charge is 0.467 e. The highest BCUT2D eigenvalue weighted by atomic mass is 32.2. The lowest BCUT2D eigenvalue weighted by atomic mass is 10.0. The molecule has 1 aromatic carbocycles. The van der Waals surface area contributed by atoms with Crippen LogP contribution in [-0.4, -0.2) is 25.3 Å². The Kier molecular flexibility index (Phi) is 4.23. The van der Waals surface area contributed by atoms with Gasteiger partial charge in [-0.05, 0) is 56.0 Å². The summed E-state index contributed by atoms with van der Waals surface area (Å²) >= 11 is 0. The maximum absolute atomic E-state index is 13.0. The first-order chi connectivity index (χ1) is 11.3. The molecule has 2 aromatic rings. The summed E-state index contributed by atoms with van der Waals surface area (Å²) in [5.41, 5.74) is 1.63. The number of primary sulfonamides is 1. The predicted octanol–water partition coefficient (Wildman–Crippen LogP) is 2.35. The van der Waals surface area contributed by atoms with Crippen LogP contribution >= 0.6 is 0 Å². The van der Waals surface area contributed by atoms with E-state index in [2.05, 4.69) is 0 Å². The van der Waals surface area contributed by atoms with Gasteiger partial charge in [0.15, 0.2) is 0 Å². The van der Waals surface area contributed by atoms with Crippen LogP contribution in [0.15, 0.2) is 39.8 Å². The fourth-order valence-corrected chi connectivity index (χ4v) is 3.64. The summed E-state index contributed by atoms with van der Waals surface area (Å²) in [5.74, 6) is 0.503. The molecule has 0 atom stereocenters. The molecular formula is C17H20N2O4S. The Morgan fingerprint density at radius 1 is 1.29 bits per heavy atom. The summed E-state index contributed by atoms with van der Waals surface area (Å²) in [6, 6.07) is 6.84. The van der Waals surface area contributed by atoms with Crippen molar-refractivity contribution in [3.05, 3.63) is 53.0 Å². The van der Waals surface area contributed by atoms with Crippen molar-refractivity contribution >= 4 is 15.9 Å². The molecule has 7 heteroatoms. The first kappa shape index (κ1) is 16.7. The summed E-state index contributed by atoms with van der Waals surface area (Å²) in [6.45, 7) is 3.84. The van der Waals surface area contributed by atoms with Crippen molar-refractivity contribution in [1.82, 2.24) is 4.90 Å². The van der Waals surface area contributed by atoms with Crippen molar-refractivity contribution in [2.45, 2.75) is 44.2 Å². The van der Waals surface area contributed by atoms with Crippen LogP contribution in [0.1, 0.15) is 40.1 Å². The molecule has 0 aliphatic heterocycles. The Morgan fingerprint density at radius 3 is 2.54 bits per heavy atom. The number of hydrogen-bond acceptors (Lipinski definition) is 4. The van der Waals surface area contributed by atoms with Gasteiger partial charge in [-0.3, -0.25) is 4.79 Å². The number of carbonyl (C=O) groups excluding carboxylic acids is 1. The van der Waals surface area contributed by atoms with E-state index in [1.165, 1.54) is 6.07 Å². The Bertz CT molecular complexity index is 868. The highest BCUT2D eigenvalue weighted by molar-refractivity contribution is 7.89. The number of nitrogens with zero attached hydrogens (tertiary/aromatic N) is 1. The van der Waals surface area contributed by atoms with Crippen molar-refractivity contribution in [1.29, 1.82) is 0 Å². The van der Waals surface area contributed by atoms with Gasteiger partial charge in [0.25, 0.3) is 5.91 Å². The number of nitrogens with two attached hydrogens (primary N) is 1. The fourth-order valence-electron chi connectivity index (χ4n) is 2.85. The van der Waals surface area contributed by atoms with E-state index < -0.39 is 10.0 Å². The van der Waals surface area contributed by atoms with Gasteiger partial charge in [-0.1, -0.05) is 6.07 Å². The predicted molar refractivity (Wildman–Crippen MR) is 88.9 cm³/mol. The summed E-state index contributed by atoms with van der Waals surface area (Å²) in [6.07, 6.45) is 3.46. The van der Waals surface area contributed by atoms with Gasteiger partial charge in [-0.25, -0.2) is 13.6 Å². The fraction of sp³-hybridized carbons (Fsp3) is 0.353. The van der Waals surface area contributed by atoms with E-state index in [1.54, 1.807) is 37.1 Å². The lowest BCUT2D eigenvalue weighted by Gasteiger charge is -2.23. The third kappa shape index (κ3) is 3.37. The summed E-state index contributed by atoms with van der Waals surface area (Å²) < 4.78 is 28.8. The van der Waals surface area contributed by atoms with E-state index in [0.29, 0.717) is 23.4 Å². The van der Waals surface area contributed by atoms with Crippen LogP contribution in [0.4, 0.5) is 0 Å². The highest BCUT2D eigenvalue weighted by Gasteiger charge is 2.34. The molecule has 1 aliphatic carbocycles. The molecule has 0 radical (unpaired) electrons. The summed E-state index contributed by atoms with van der Waals surface area (Å²) in [7, 11) is -3.88. The number of benzene rings is 1. The van der Waals surface area contributed by atoms with Crippen LogP contribution in [0.5, 0.6) is 0 Å². The van der Waals surface area contributed by atoms with E-state index in [1.807, 2.05) is 6.07 Å². The smallest absolute Gasteiger partial charge is 0.254 e. The van der Waals surface area contributed by atoms with Crippen molar-refractivity contribution in [2.24, 2.45) is 5.14 Å². The van der Waals surface area contributed by atoms with E-state index >= 15 is 0 Å². The zero-order chi connectivity index (χ0) is 17.5. The van der Waals surface area contributed by atoms with Gasteiger partial charge in [-0.15, -0.1) is 0 Å². The first-order valence-electron chi connectivity index (χ1n) is 7.75. The Labute approximate surface area is 141 Å². The summed E-state index contributed by atoms with van der Waals surface area (Å²) in [4.78, 5) is 14.7. The van der Waals surface area contributed by atoms with Crippen molar-refractivity contribution in [3.63, 3.8) is 0 Å². The average Bonchev–Trinajstić information content (AvgIpc) is 3.19. The molecule has 24 heavy (non-hydrogen) atoms.